The Kier molecular flexibility index (Phi) is 42.8. The summed E-state index contributed by atoms with van der Waals surface area (Å²) in [5, 5.41) is 22.8. The molecule has 0 aliphatic rings. The SMILES string of the molecule is CCCCCCCC/C=C\CCCCCCCC(=O)OCCCCCCCC/C=C\C/C=C\CCC(=O)NC(CO)C(O)/C=C/CCCCCCCCCC. The van der Waals surface area contributed by atoms with Crippen LogP contribution in [0.15, 0.2) is 48.6 Å². The Hall–Kier alpha value is -2.18. The van der Waals surface area contributed by atoms with Gasteiger partial charge in [0, 0.05) is 12.8 Å². The van der Waals surface area contributed by atoms with Crippen LogP contribution in [-0.4, -0.2) is 47.4 Å². The van der Waals surface area contributed by atoms with Gasteiger partial charge in [-0.3, -0.25) is 9.59 Å². The highest BCUT2D eigenvalue weighted by molar-refractivity contribution is 5.76. The number of hydrogen-bond acceptors (Lipinski definition) is 5. The van der Waals surface area contributed by atoms with Gasteiger partial charge >= 0.3 is 5.97 Å². The summed E-state index contributed by atoms with van der Waals surface area (Å²) >= 11 is 0. The molecule has 320 valence electrons. The monoisotopic (exact) mass is 772 g/mol. The molecule has 2 unspecified atom stereocenters. The molecule has 55 heavy (non-hydrogen) atoms. The Morgan fingerprint density at radius 3 is 1.44 bits per heavy atom. The van der Waals surface area contributed by atoms with Crippen LogP contribution < -0.4 is 5.32 Å². The predicted molar refractivity (Wildman–Crippen MR) is 236 cm³/mol. The highest BCUT2D eigenvalue weighted by Crippen LogP contribution is 2.13. The van der Waals surface area contributed by atoms with Crippen molar-refractivity contribution in [1.29, 1.82) is 0 Å². The van der Waals surface area contributed by atoms with Gasteiger partial charge in [-0.05, 0) is 77.0 Å². The number of aliphatic hydroxyl groups is 2. The molecule has 0 aromatic heterocycles. The minimum absolute atomic E-state index is 0.0280. The van der Waals surface area contributed by atoms with Gasteiger partial charge in [-0.25, -0.2) is 0 Å². The van der Waals surface area contributed by atoms with E-state index in [4.69, 9.17) is 4.74 Å². The van der Waals surface area contributed by atoms with Gasteiger partial charge in [-0.1, -0.05) is 184 Å². The van der Waals surface area contributed by atoms with Crippen LogP contribution in [0, 0.1) is 0 Å². The van der Waals surface area contributed by atoms with E-state index in [0.29, 0.717) is 25.9 Å². The van der Waals surface area contributed by atoms with E-state index in [1.165, 1.54) is 141 Å². The number of aliphatic hydroxyl groups excluding tert-OH is 2. The number of carbonyl (C=O) groups is 2. The van der Waals surface area contributed by atoms with Gasteiger partial charge in [0.15, 0.2) is 0 Å². The second-order valence-corrected chi connectivity index (χ2v) is 15.7. The summed E-state index contributed by atoms with van der Waals surface area (Å²) in [4.78, 5) is 24.3. The third-order valence-electron chi connectivity index (χ3n) is 10.3. The molecule has 0 spiro atoms. The van der Waals surface area contributed by atoms with Crippen molar-refractivity contribution in [3.63, 3.8) is 0 Å². The van der Waals surface area contributed by atoms with Crippen LogP contribution in [-0.2, 0) is 14.3 Å². The number of rotatable bonds is 42. The van der Waals surface area contributed by atoms with Gasteiger partial charge in [0.25, 0.3) is 0 Å². The molecule has 0 aliphatic carbocycles. The number of hydrogen-bond donors (Lipinski definition) is 3. The van der Waals surface area contributed by atoms with Gasteiger partial charge in [-0.15, -0.1) is 0 Å². The molecule has 0 rings (SSSR count). The lowest BCUT2D eigenvalue weighted by Crippen LogP contribution is -2.45. The van der Waals surface area contributed by atoms with Crippen LogP contribution in [0.25, 0.3) is 0 Å². The molecule has 0 aromatic carbocycles. The second-order valence-electron chi connectivity index (χ2n) is 15.7. The van der Waals surface area contributed by atoms with Crippen molar-refractivity contribution in [2.75, 3.05) is 13.2 Å². The maximum atomic E-state index is 12.3. The molecule has 2 atom stereocenters. The predicted octanol–water partition coefficient (Wildman–Crippen LogP) is 13.5. The normalized spacial score (nSPS) is 13.2. The zero-order valence-electron chi connectivity index (χ0n) is 36.1. The number of allylic oxidation sites excluding steroid dienone is 7. The first-order chi connectivity index (χ1) is 27.0. The summed E-state index contributed by atoms with van der Waals surface area (Å²) in [5.74, 6) is -0.181. The fourth-order valence-corrected chi connectivity index (χ4v) is 6.67. The van der Waals surface area contributed by atoms with Crippen LogP contribution in [0.4, 0.5) is 0 Å². The third-order valence-corrected chi connectivity index (χ3v) is 10.3. The Bertz CT molecular complexity index is 942. The Labute approximate surface area is 340 Å². The molecule has 0 aliphatic heterocycles. The molecule has 6 heteroatoms. The number of carbonyl (C=O) groups excluding carboxylic acids is 2. The Morgan fingerprint density at radius 1 is 0.509 bits per heavy atom. The molecular formula is C49H89NO5. The zero-order chi connectivity index (χ0) is 40.1. The van der Waals surface area contributed by atoms with E-state index in [0.717, 1.165) is 51.4 Å². The van der Waals surface area contributed by atoms with E-state index < -0.39 is 12.1 Å². The molecule has 0 saturated heterocycles. The quantitative estimate of drug-likeness (QED) is 0.0326. The Morgan fingerprint density at radius 2 is 0.927 bits per heavy atom. The first-order valence-corrected chi connectivity index (χ1v) is 23.4. The summed E-state index contributed by atoms with van der Waals surface area (Å²) in [6, 6.07) is -0.670. The van der Waals surface area contributed by atoms with Crippen LogP contribution in [0.5, 0.6) is 0 Å². The maximum absolute atomic E-state index is 12.3. The smallest absolute Gasteiger partial charge is 0.305 e. The molecule has 0 aromatic rings. The van der Waals surface area contributed by atoms with E-state index in [1.54, 1.807) is 6.08 Å². The number of unbranched alkanes of at least 4 members (excludes halogenated alkanes) is 25. The minimum Gasteiger partial charge on any atom is -0.466 e. The molecule has 0 bridgehead atoms. The first kappa shape index (κ1) is 52.8. The molecule has 0 fully saturated rings. The van der Waals surface area contributed by atoms with Gasteiger partial charge in [0.05, 0.1) is 25.4 Å². The lowest BCUT2D eigenvalue weighted by Gasteiger charge is -2.19. The van der Waals surface area contributed by atoms with Gasteiger partial charge in [-0.2, -0.15) is 0 Å². The largest absolute Gasteiger partial charge is 0.466 e. The van der Waals surface area contributed by atoms with E-state index in [-0.39, 0.29) is 18.5 Å². The van der Waals surface area contributed by atoms with Crippen molar-refractivity contribution in [3.8, 4) is 0 Å². The van der Waals surface area contributed by atoms with Crippen LogP contribution in [0.1, 0.15) is 226 Å². The average molecular weight is 772 g/mol. The van der Waals surface area contributed by atoms with Crippen molar-refractivity contribution in [1.82, 2.24) is 5.32 Å². The molecular weight excluding hydrogens is 683 g/mol. The summed E-state index contributed by atoms with van der Waals surface area (Å²) in [7, 11) is 0. The number of esters is 1. The minimum atomic E-state index is -0.878. The summed E-state index contributed by atoms with van der Waals surface area (Å²) < 4.78 is 5.44. The summed E-state index contributed by atoms with van der Waals surface area (Å²) in [6.45, 7) is 4.78. The van der Waals surface area contributed by atoms with Crippen LogP contribution in [0.2, 0.25) is 0 Å². The lowest BCUT2D eigenvalue weighted by atomic mass is 10.1. The third kappa shape index (κ3) is 41.3. The molecule has 3 N–H and O–H groups in total. The van der Waals surface area contributed by atoms with Crippen molar-refractivity contribution in [2.24, 2.45) is 0 Å². The van der Waals surface area contributed by atoms with Crippen molar-refractivity contribution < 1.29 is 24.5 Å². The van der Waals surface area contributed by atoms with E-state index in [2.05, 4.69) is 49.5 Å². The topological polar surface area (TPSA) is 95.9 Å². The molecule has 0 heterocycles. The maximum Gasteiger partial charge on any atom is 0.305 e. The Balaban J connectivity index is 3.58. The summed E-state index contributed by atoms with van der Waals surface area (Å²) in [5.41, 5.74) is 0. The second kappa shape index (κ2) is 44.5. The summed E-state index contributed by atoms with van der Waals surface area (Å²) in [6.07, 6.45) is 54.0. The zero-order valence-corrected chi connectivity index (χ0v) is 36.1. The number of amides is 1. The van der Waals surface area contributed by atoms with E-state index in [1.807, 2.05) is 12.2 Å². The molecule has 0 radical (unpaired) electrons. The van der Waals surface area contributed by atoms with Crippen molar-refractivity contribution in [2.45, 2.75) is 238 Å². The van der Waals surface area contributed by atoms with E-state index >= 15 is 0 Å². The van der Waals surface area contributed by atoms with Crippen molar-refractivity contribution >= 4 is 11.9 Å². The van der Waals surface area contributed by atoms with E-state index in [9.17, 15) is 19.8 Å². The lowest BCUT2D eigenvalue weighted by molar-refractivity contribution is -0.143. The first-order valence-electron chi connectivity index (χ1n) is 23.4. The van der Waals surface area contributed by atoms with Crippen LogP contribution >= 0.6 is 0 Å². The highest BCUT2D eigenvalue weighted by Gasteiger charge is 2.17. The standard InChI is InChI=1S/C49H89NO5/c1-3-5-7-9-11-13-15-16-17-20-23-27-31-35-39-43-49(54)55-44-40-36-32-28-24-21-18-19-22-26-30-34-38-42-48(53)50-46(45-51)47(52)41-37-33-29-25-14-12-10-8-6-4-2/h16-17,19,22,30,34,37,41,46-47,51-52H,3-15,18,20-21,23-29,31-33,35-36,38-40,42-45H2,1-2H3,(H,50,53)/b17-16-,22-19-,34-30-,41-37+. The van der Waals surface area contributed by atoms with Gasteiger partial charge in [0.2, 0.25) is 5.91 Å². The van der Waals surface area contributed by atoms with Gasteiger partial charge < -0.3 is 20.3 Å². The van der Waals surface area contributed by atoms with Crippen LogP contribution in [0.3, 0.4) is 0 Å². The molecule has 1 amide bonds. The molecule has 6 nitrogen and oxygen atoms in total. The average Bonchev–Trinajstić information content (AvgIpc) is 3.18. The number of ether oxygens (including phenoxy) is 1. The number of nitrogens with one attached hydrogen (secondary N) is 1. The van der Waals surface area contributed by atoms with Gasteiger partial charge in [0.1, 0.15) is 0 Å². The molecule has 0 saturated carbocycles. The highest BCUT2D eigenvalue weighted by atomic mass is 16.5. The fraction of sp³-hybridized carbons (Fsp3) is 0.796. The fourth-order valence-electron chi connectivity index (χ4n) is 6.67. The van der Waals surface area contributed by atoms with Crippen molar-refractivity contribution in [3.05, 3.63) is 48.6 Å².